The van der Waals surface area contributed by atoms with Gasteiger partial charge in [0, 0.05) is 19.6 Å². The van der Waals surface area contributed by atoms with Gasteiger partial charge < -0.3 is 15.1 Å². The van der Waals surface area contributed by atoms with Crippen molar-refractivity contribution in [3.63, 3.8) is 0 Å². The molecule has 0 unspecified atom stereocenters. The van der Waals surface area contributed by atoms with Gasteiger partial charge in [-0.3, -0.25) is 0 Å². The van der Waals surface area contributed by atoms with Gasteiger partial charge in [-0.25, -0.2) is 8.42 Å². The Kier molecular flexibility index (Phi) is 4.17. The molecule has 0 aliphatic carbocycles. The normalized spacial score (nSPS) is 28.1. The predicted molar refractivity (Wildman–Crippen MR) is 74.7 cm³/mol. The molecule has 1 heterocycles. The highest BCUT2D eigenvalue weighted by Gasteiger charge is 2.48. The van der Waals surface area contributed by atoms with Gasteiger partial charge in [-0.15, -0.1) is 0 Å². The predicted octanol–water partition coefficient (Wildman–Crippen LogP) is -0.655. The van der Waals surface area contributed by atoms with Crippen molar-refractivity contribution in [2.45, 2.75) is 16.6 Å². The number of rotatable bonds is 4. The number of benzene rings is 1. The van der Waals surface area contributed by atoms with Gasteiger partial charge in [-0.1, -0.05) is 18.2 Å². The van der Waals surface area contributed by atoms with Crippen LogP contribution >= 0.6 is 0 Å². The zero-order chi connectivity index (χ0) is 15.0. The Morgan fingerprint density at radius 1 is 1.35 bits per heavy atom. The quantitative estimate of drug-likeness (QED) is 0.772. The van der Waals surface area contributed by atoms with Crippen LogP contribution in [-0.2, 0) is 10.0 Å². The Bertz CT molecular complexity index is 561. The number of aliphatic hydroxyl groups is 2. The van der Waals surface area contributed by atoms with Crippen LogP contribution in [0.3, 0.4) is 0 Å². The molecule has 1 aliphatic heterocycles. The molecule has 2 rings (SSSR count). The number of β-amino-alcohol motifs (C(OH)–C–C–N with tert-alkyl or cyclic N) is 2. The summed E-state index contributed by atoms with van der Waals surface area (Å²) in [4.78, 5) is 1.89. The molecular weight excluding hydrogens is 280 g/mol. The SMILES string of the molecule is CN(C)C[C@]1(O)CN(S(=O)(=O)c2ccccc2)C[C@H]1O. The molecule has 112 valence electrons. The highest BCUT2D eigenvalue weighted by atomic mass is 32.2. The van der Waals surface area contributed by atoms with E-state index in [0.717, 1.165) is 4.31 Å². The third-order valence-electron chi connectivity index (χ3n) is 3.42. The summed E-state index contributed by atoms with van der Waals surface area (Å²) in [6, 6.07) is 8.03. The van der Waals surface area contributed by atoms with Gasteiger partial charge in [0.05, 0.1) is 11.0 Å². The molecule has 0 spiro atoms. The Labute approximate surface area is 119 Å². The van der Waals surface area contributed by atoms with E-state index in [0.29, 0.717) is 0 Å². The minimum atomic E-state index is -3.68. The Hall–Kier alpha value is -0.990. The van der Waals surface area contributed by atoms with E-state index in [9.17, 15) is 18.6 Å². The van der Waals surface area contributed by atoms with Gasteiger partial charge in [0.25, 0.3) is 0 Å². The molecule has 1 fully saturated rings. The van der Waals surface area contributed by atoms with E-state index in [4.69, 9.17) is 0 Å². The first-order valence-electron chi connectivity index (χ1n) is 6.36. The maximum Gasteiger partial charge on any atom is 0.243 e. The van der Waals surface area contributed by atoms with Crippen molar-refractivity contribution in [3.8, 4) is 0 Å². The van der Waals surface area contributed by atoms with Gasteiger partial charge in [0.2, 0.25) is 10.0 Å². The first-order chi connectivity index (χ1) is 9.25. The van der Waals surface area contributed by atoms with E-state index in [1.807, 2.05) is 0 Å². The van der Waals surface area contributed by atoms with Crippen LogP contribution in [0.1, 0.15) is 0 Å². The summed E-state index contributed by atoms with van der Waals surface area (Å²) < 4.78 is 26.0. The molecular formula is C13H20N2O4S. The minimum Gasteiger partial charge on any atom is -0.389 e. The number of hydrogen-bond donors (Lipinski definition) is 2. The first-order valence-corrected chi connectivity index (χ1v) is 7.80. The second-order valence-corrected chi connectivity index (χ2v) is 7.41. The van der Waals surface area contributed by atoms with E-state index in [2.05, 4.69) is 0 Å². The fraction of sp³-hybridized carbons (Fsp3) is 0.538. The number of sulfonamides is 1. The molecule has 0 bridgehead atoms. The number of hydrogen-bond acceptors (Lipinski definition) is 5. The average molecular weight is 300 g/mol. The summed E-state index contributed by atoms with van der Waals surface area (Å²) >= 11 is 0. The van der Waals surface area contributed by atoms with Crippen molar-refractivity contribution in [3.05, 3.63) is 30.3 Å². The van der Waals surface area contributed by atoms with Gasteiger partial charge in [0.15, 0.2) is 0 Å². The van der Waals surface area contributed by atoms with Gasteiger partial charge in [0.1, 0.15) is 5.60 Å². The second kappa shape index (κ2) is 5.42. The van der Waals surface area contributed by atoms with Crippen molar-refractivity contribution in [2.24, 2.45) is 0 Å². The summed E-state index contributed by atoms with van der Waals surface area (Å²) in [6.07, 6.45) is -1.09. The first kappa shape index (κ1) is 15.4. The van der Waals surface area contributed by atoms with Crippen molar-refractivity contribution in [2.75, 3.05) is 33.7 Å². The topological polar surface area (TPSA) is 81.1 Å². The van der Waals surface area contributed by atoms with Crippen molar-refractivity contribution < 1.29 is 18.6 Å². The van der Waals surface area contributed by atoms with Crippen molar-refractivity contribution in [1.29, 1.82) is 0 Å². The molecule has 2 N–H and O–H groups in total. The summed E-state index contributed by atoms with van der Waals surface area (Å²) in [5.41, 5.74) is -1.44. The van der Waals surface area contributed by atoms with Gasteiger partial charge >= 0.3 is 0 Å². The maximum absolute atomic E-state index is 12.4. The van der Waals surface area contributed by atoms with Crippen molar-refractivity contribution in [1.82, 2.24) is 9.21 Å². The van der Waals surface area contributed by atoms with Gasteiger partial charge in [-0.2, -0.15) is 4.31 Å². The standard InChI is InChI=1S/C13H20N2O4S/c1-14(2)9-13(17)10-15(8-12(13)16)20(18,19)11-6-4-3-5-7-11/h3-7,12,16-17H,8-10H2,1-2H3/t12-,13+/m1/s1. The van der Waals surface area contributed by atoms with Crippen LogP contribution in [0, 0.1) is 0 Å². The Morgan fingerprint density at radius 3 is 2.50 bits per heavy atom. The average Bonchev–Trinajstić information content (AvgIpc) is 2.66. The number of nitrogens with zero attached hydrogens (tertiary/aromatic N) is 2. The molecule has 1 aromatic rings. The fourth-order valence-corrected chi connectivity index (χ4v) is 4.00. The lowest BCUT2D eigenvalue weighted by molar-refractivity contribution is -0.0538. The molecule has 20 heavy (non-hydrogen) atoms. The summed E-state index contributed by atoms with van der Waals surface area (Å²) in [5.74, 6) is 0. The Morgan fingerprint density at radius 2 is 1.95 bits per heavy atom. The van der Waals surface area contributed by atoms with Crippen LogP contribution < -0.4 is 0 Å². The molecule has 0 amide bonds. The van der Waals surface area contributed by atoms with Crippen LogP contribution in [-0.4, -0.2) is 73.3 Å². The second-order valence-electron chi connectivity index (χ2n) is 5.47. The monoisotopic (exact) mass is 300 g/mol. The Balaban J connectivity index is 2.24. The molecule has 1 aromatic carbocycles. The summed E-state index contributed by atoms with van der Waals surface area (Å²) in [6.45, 7) is 0.000117. The van der Waals surface area contributed by atoms with Crippen LogP contribution in [0.2, 0.25) is 0 Å². The molecule has 0 saturated carbocycles. The minimum absolute atomic E-state index is 0.0957. The summed E-state index contributed by atoms with van der Waals surface area (Å²) in [5, 5.41) is 20.4. The van der Waals surface area contributed by atoms with E-state index >= 15 is 0 Å². The fourth-order valence-electron chi connectivity index (χ4n) is 2.47. The lowest BCUT2D eigenvalue weighted by Crippen LogP contribution is -2.49. The zero-order valence-electron chi connectivity index (χ0n) is 11.6. The van der Waals surface area contributed by atoms with Crippen LogP contribution in [0.4, 0.5) is 0 Å². The molecule has 1 aliphatic rings. The molecule has 1 saturated heterocycles. The third-order valence-corrected chi connectivity index (χ3v) is 5.24. The van der Waals surface area contributed by atoms with Gasteiger partial charge in [-0.05, 0) is 26.2 Å². The smallest absolute Gasteiger partial charge is 0.243 e. The maximum atomic E-state index is 12.4. The lowest BCUT2D eigenvalue weighted by atomic mass is 10.0. The molecule has 0 radical (unpaired) electrons. The number of likely N-dealkylation sites (N-methyl/N-ethyl adjacent to an activating group) is 1. The van der Waals surface area contributed by atoms with E-state index < -0.39 is 21.7 Å². The van der Waals surface area contributed by atoms with Crippen LogP contribution in [0.5, 0.6) is 0 Å². The van der Waals surface area contributed by atoms with Crippen LogP contribution in [0.15, 0.2) is 35.2 Å². The molecule has 2 atom stereocenters. The lowest BCUT2D eigenvalue weighted by Gasteiger charge is -2.28. The molecule has 0 aromatic heterocycles. The van der Waals surface area contributed by atoms with Crippen molar-refractivity contribution >= 4 is 10.0 Å². The largest absolute Gasteiger partial charge is 0.389 e. The van der Waals surface area contributed by atoms with Crippen LogP contribution in [0.25, 0.3) is 0 Å². The molecule has 6 nitrogen and oxygen atoms in total. The van der Waals surface area contributed by atoms with E-state index in [-0.39, 0.29) is 24.5 Å². The third kappa shape index (κ3) is 2.87. The highest BCUT2D eigenvalue weighted by molar-refractivity contribution is 7.89. The molecule has 7 heteroatoms. The van der Waals surface area contributed by atoms with E-state index in [1.165, 1.54) is 12.1 Å². The summed E-state index contributed by atoms with van der Waals surface area (Å²) in [7, 11) is -0.158. The zero-order valence-corrected chi connectivity index (χ0v) is 12.4. The number of aliphatic hydroxyl groups excluding tert-OH is 1. The highest BCUT2D eigenvalue weighted by Crippen LogP contribution is 2.28. The van der Waals surface area contributed by atoms with E-state index in [1.54, 1.807) is 37.2 Å².